The van der Waals surface area contributed by atoms with Crippen LogP contribution in [-0.4, -0.2) is 11.8 Å². The molecule has 1 aliphatic heterocycles. The lowest BCUT2D eigenvalue weighted by Gasteiger charge is -2.00. The van der Waals surface area contributed by atoms with Gasteiger partial charge in [-0.3, -0.25) is 14.9 Å². The Morgan fingerprint density at radius 3 is 1.86 bits per heavy atom. The molecule has 5 nitrogen and oxygen atoms in total. The Bertz CT molecular complexity index is 788. The van der Waals surface area contributed by atoms with Crippen LogP contribution in [0.1, 0.15) is 11.1 Å². The predicted octanol–water partition coefficient (Wildman–Crippen LogP) is 3.45. The summed E-state index contributed by atoms with van der Waals surface area (Å²) in [6.45, 7) is 2.01. The quantitative estimate of drug-likeness (QED) is 0.695. The summed E-state index contributed by atoms with van der Waals surface area (Å²) in [7, 11) is 0. The fourth-order valence-corrected chi connectivity index (χ4v) is 2.06. The summed E-state index contributed by atoms with van der Waals surface area (Å²) in [6.07, 6.45) is 1.30. The molecule has 0 unspecified atom stereocenters. The highest BCUT2D eigenvalue weighted by molar-refractivity contribution is 6.33. The highest BCUT2D eigenvalue weighted by Gasteiger charge is 2.21. The van der Waals surface area contributed by atoms with Crippen LogP contribution in [0.5, 0.6) is 0 Å². The molecule has 0 radical (unpaired) electrons. The van der Waals surface area contributed by atoms with E-state index < -0.39 is 0 Å². The molecule has 1 N–H and O–H groups in total. The van der Waals surface area contributed by atoms with Crippen LogP contribution in [0.2, 0.25) is 0 Å². The van der Waals surface area contributed by atoms with Gasteiger partial charge in [0.1, 0.15) is 0 Å². The number of carbonyl (C=O) groups excluding carboxylic acids is 2. The van der Waals surface area contributed by atoms with Crippen molar-refractivity contribution in [3.05, 3.63) is 65.7 Å². The molecule has 0 saturated carbocycles. The molecule has 2 amide bonds. The number of hydrogen-bond donors (Lipinski definition) is 1. The first-order valence-electron chi connectivity index (χ1n) is 6.78. The van der Waals surface area contributed by atoms with Crippen LogP contribution in [0, 0.1) is 6.92 Å². The molecule has 3 rings (SSSR count). The minimum atomic E-state index is -0.386. The predicted molar refractivity (Wildman–Crippen MR) is 82.9 cm³/mol. The van der Waals surface area contributed by atoms with E-state index in [1.807, 2.05) is 31.2 Å². The van der Waals surface area contributed by atoms with Gasteiger partial charge in [0.15, 0.2) is 0 Å². The summed E-state index contributed by atoms with van der Waals surface area (Å²) in [5, 5.41) is 10.5. The van der Waals surface area contributed by atoms with E-state index in [-0.39, 0.29) is 11.8 Å². The third kappa shape index (κ3) is 2.98. The van der Waals surface area contributed by atoms with Crippen molar-refractivity contribution >= 4 is 28.8 Å². The topological polar surface area (TPSA) is 70.9 Å². The van der Waals surface area contributed by atoms with Crippen molar-refractivity contribution in [2.24, 2.45) is 10.2 Å². The molecule has 0 aromatic heterocycles. The van der Waals surface area contributed by atoms with Crippen LogP contribution >= 0.6 is 0 Å². The second-order valence-electron chi connectivity index (χ2n) is 4.96. The summed E-state index contributed by atoms with van der Waals surface area (Å²) in [4.78, 5) is 22.7. The van der Waals surface area contributed by atoms with Crippen molar-refractivity contribution in [2.45, 2.75) is 6.92 Å². The number of hydrogen-bond acceptors (Lipinski definition) is 4. The highest BCUT2D eigenvalue weighted by atomic mass is 16.2. The Kier molecular flexibility index (Phi) is 3.62. The third-order valence-electron chi connectivity index (χ3n) is 3.25. The van der Waals surface area contributed by atoms with Gasteiger partial charge in [-0.25, -0.2) is 0 Å². The van der Waals surface area contributed by atoms with Gasteiger partial charge >= 0.3 is 0 Å². The Hall–Kier alpha value is -3.08. The summed E-state index contributed by atoms with van der Waals surface area (Å²) < 4.78 is 0. The van der Waals surface area contributed by atoms with E-state index in [4.69, 9.17) is 0 Å². The Morgan fingerprint density at radius 1 is 0.818 bits per heavy atom. The van der Waals surface area contributed by atoms with Crippen LogP contribution in [0.3, 0.4) is 0 Å². The average molecular weight is 291 g/mol. The van der Waals surface area contributed by atoms with Crippen molar-refractivity contribution in [3.63, 3.8) is 0 Å². The first-order chi connectivity index (χ1) is 10.6. The number of nitrogens with zero attached hydrogens (tertiary/aromatic N) is 2. The third-order valence-corrected chi connectivity index (χ3v) is 3.25. The Morgan fingerprint density at radius 2 is 1.36 bits per heavy atom. The highest BCUT2D eigenvalue weighted by Crippen LogP contribution is 2.23. The number of imide groups is 1. The number of amides is 2. The number of azo groups is 1. The molecule has 0 spiro atoms. The van der Waals surface area contributed by atoms with Crippen LogP contribution < -0.4 is 5.32 Å². The fraction of sp³-hybridized carbons (Fsp3) is 0.0588. The molecule has 1 aliphatic rings. The molecule has 0 bridgehead atoms. The van der Waals surface area contributed by atoms with Gasteiger partial charge < -0.3 is 0 Å². The first kappa shape index (κ1) is 13.9. The molecule has 2 aromatic carbocycles. The lowest BCUT2D eigenvalue weighted by molar-refractivity contribution is -0.123. The minimum Gasteiger partial charge on any atom is -0.289 e. The van der Waals surface area contributed by atoms with E-state index in [0.29, 0.717) is 16.8 Å². The van der Waals surface area contributed by atoms with Gasteiger partial charge in [0, 0.05) is 6.08 Å². The van der Waals surface area contributed by atoms with Crippen molar-refractivity contribution in [3.8, 4) is 0 Å². The Labute approximate surface area is 127 Å². The molecule has 22 heavy (non-hydrogen) atoms. The summed E-state index contributed by atoms with van der Waals surface area (Å²) in [5.41, 5.74) is 3.67. The number of aryl methyl sites for hydroxylation is 1. The van der Waals surface area contributed by atoms with E-state index in [1.165, 1.54) is 11.6 Å². The maximum atomic E-state index is 11.6. The maximum Gasteiger partial charge on any atom is 0.258 e. The molecule has 0 aliphatic carbocycles. The molecular weight excluding hydrogens is 278 g/mol. The standard InChI is InChI=1S/C17H13N3O2/c1-11-2-6-13(7-3-11)19-20-14-8-4-12(5-9-14)15-10-16(21)18-17(15)22/h2-10H,1H3,(H,18,21,22). The molecule has 0 saturated heterocycles. The zero-order chi connectivity index (χ0) is 15.5. The summed E-state index contributed by atoms with van der Waals surface area (Å²) >= 11 is 0. The molecule has 0 fully saturated rings. The van der Waals surface area contributed by atoms with Crippen LogP contribution in [0.25, 0.3) is 5.57 Å². The monoisotopic (exact) mass is 291 g/mol. The van der Waals surface area contributed by atoms with E-state index >= 15 is 0 Å². The van der Waals surface area contributed by atoms with Crippen LogP contribution in [0.15, 0.2) is 64.8 Å². The Balaban J connectivity index is 1.77. The van der Waals surface area contributed by atoms with Crippen molar-refractivity contribution in [1.82, 2.24) is 5.32 Å². The van der Waals surface area contributed by atoms with Gasteiger partial charge in [0.2, 0.25) is 0 Å². The summed E-state index contributed by atoms with van der Waals surface area (Å²) in [5.74, 6) is -0.762. The zero-order valence-electron chi connectivity index (χ0n) is 11.9. The van der Waals surface area contributed by atoms with Crippen LogP contribution in [-0.2, 0) is 9.59 Å². The van der Waals surface area contributed by atoms with Gasteiger partial charge in [-0.15, -0.1) is 0 Å². The maximum absolute atomic E-state index is 11.6. The molecular formula is C17H13N3O2. The molecule has 2 aromatic rings. The van der Waals surface area contributed by atoms with E-state index in [9.17, 15) is 9.59 Å². The second-order valence-corrected chi connectivity index (χ2v) is 4.96. The number of nitrogens with one attached hydrogen (secondary N) is 1. The van der Waals surface area contributed by atoms with Gasteiger partial charge in [0.25, 0.3) is 11.8 Å². The molecule has 5 heteroatoms. The lowest BCUT2D eigenvalue weighted by atomic mass is 10.1. The normalized spacial score (nSPS) is 14.3. The van der Waals surface area contributed by atoms with Gasteiger partial charge in [-0.2, -0.15) is 10.2 Å². The van der Waals surface area contributed by atoms with Crippen molar-refractivity contribution in [2.75, 3.05) is 0 Å². The summed E-state index contributed by atoms with van der Waals surface area (Å²) in [6, 6.07) is 14.7. The van der Waals surface area contributed by atoms with Gasteiger partial charge in [-0.1, -0.05) is 29.8 Å². The molecule has 1 heterocycles. The smallest absolute Gasteiger partial charge is 0.258 e. The van der Waals surface area contributed by atoms with Crippen LogP contribution in [0.4, 0.5) is 11.4 Å². The van der Waals surface area contributed by atoms with Crippen molar-refractivity contribution in [1.29, 1.82) is 0 Å². The van der Waals surface area contributed by atoms with E-state index in [0.717, 1.165) is 5.69 Å². The average Bonchev–Trinajstić information content (AvgIpc) is 2.86. The molecule has 0 atom stereocenters. The van der Waals surface area contributed by atoms with E-state index in [2.05, 4.69) is 15.5 Å². The lowest BCUT2D eigenvalue weighted by Crippen LogP contribution is -2.21. The van der Waals surface area contributed by atoms with Gasteiger partial charge in [0.05, 0.1) is 16.9 Å². The number of rotatable bonds is 3. The second kappa shape index (κ2) is 5.73. The first-order valence-corrected chi connectivity index (χ1v) is 6.78. The number of carbonyl (C=O) groups is 2. The molecule has 108 valence electrons. The minimum absolute atomic E-state index is 0.368. The van der Waals surface area contributed by atoms with Crippen molar-refractivity contribution < 1.29 is 9.59 Å². The number of benzene rings is 2. The van der Waals surface area contributed by atoms with Gasteiger partial charge in [-0.05, 0) is 36.8 Å². The largest absolute Gasteiger partial charge is 0.289 e. The van der Waals surface area contributed by atoms with E-state index in [1.54, 1.807) is 24.3 Å². The fourth-order valence-electron chi connectivity index (χ4n) is 2.06. The SMILES string of the molecule is Cc1ccc(N=Nc2ccc(C3=CC(=O)NC3=O)cc2)cc1. The zero-order valence-corrected chi connectivity index (χ0v) is 11.9.